The lowest BCUT2D eigenvalue weighted by Crippen LogP contribution is -2.48. The van der Waals surface area contributed by atoms with E-state index in [9.17, 15) is 13.9 Å². The molecule has 1 saturated carbocycles. The van der Waals surface area contributed by atoms with Gasteiger partial charge < -0.3 is 15.2 Å². The lowest BCUT2D eigenvalue weighted by Gasteiger charge is -2.34. The average molecular weight is 340 g/mol. The maximum Gasteiger partial charge on any atom is 0.131 e. The van der Waals surface area contributed by atoms with Gasteiger partial charge in [-0.1, -0.05) is 18.9 Å². The lowest BCUT2D eigenvalue weighted by molar-refractivity contribution is 0.0133. The Kier molecular flexibility index (Phi) is 5.81. The quantitative estimate of drug-likeness (QED) is 0.832. The largest absolute Gasteiger partial charge is 0.390 e. The van der Waals surface area contributed by atoms with E-state index < -0.39 is 23.3 Å². The van der Waals surface area contributed by atoms with Gasteiger partial charge in [-0.25, -0.2) is 8.78 Å². The highest BCUT2D eigenvalue weighted by Crippen LogP contribution is 2.40. The summed E-state index contributed by atoms with van der Waals surface area (Å²) in [6.45, 7) is 4.03. The molecule has 0 bridgehead atoms. The first-order chi connectivity index (χ1) is 11.6. The fourth-order valence-corrected chi connectivity index (χ4v) is 3.86. The molecule has 1 aromatic carbocycles. The minimum Gasteiger partial charge on any atom is -0.390 e. The molecule has 4 nitrogen and oxygen atoms in total. The predicted molar refractivity (Wildman–Crippen MR) is 87.8 cm³/mol. The molecule has 134 valence electrons. The number of hydrogen-bond acceptors (Lipinski definition) is 4. The zero-order chi connectivity index (χ0) is 17.0. The normalized spacial score (nSPS) is 22.6. The summed E-state index contributed by atoms with van der Waals surface area (Å²) in [5.41, 5.74) is 0.0176. The molecule has 0 aromatic heterocycles. The van der Waals surface area contributed by atoms with Crippen molar-refractivity contribution in [1.82, 2.24) is 10.2 Å². The van der Waals surface area contributed by atoms with E-state index in [4.69, 9.17) is 4.74 Å². The third-order valence-corrected chi connectivity index (χ3v) is 5.15. The van der Waals surface area contributed by atoms with E-state index in [0.29, 0.717) is 31.9 Å². The van der Waals surface area contributed by atoms with Gasteiger partial charge in [0.15, 0.2) is 0 Å². The van der Waals surface area contributed by atoms with Gasteiger partial charge in [-0.3, -0.25) is 4.90 Å². The fourth-order valence-electron chi connectivity index (χ4n) is 3.86. The van der Waals surface area contributed by atoms with Crippen molar-refractivity contribution >= 4 is 0 Å². The number of rotatable bonds is 6. The highest BCUT2D eigenvalue weighted by atomic mass is 19.1. The Hall–Kier alpha value is -1.08. The van der Waals surface area contributed by atoms with Gasteiger partial charge >= 0.3 is 0 Å². The van der Waals surface area contributed by atoms with Crippen molar-refractivity contribution in [1.29, 1.82) is 0 Å². The number of aliphatic hydroxyl groups excluding tert-OH is 1. The molecule has 2 fully saturated rings. The second-order valence-corrected chi connectivity index (χ2v) is 6.86. The molecule has 1 aliphatic heterocycles. The Morgan fingerprint density at radius 2 is 1.92 bits per heavy atom. The van der Waals surface area contributed by atoms with Crippen LogP contribution in [0.25, 0.3) is 0 Å². The van der Waals surface area contributed by atoms with Crippen LogP contribution in [0.3, 0.4) is 0 Å². The summed E-state index contributed by atoms with van der Waals surface area (Å²) < 4.78 is 32.8. The lowest BCUT2D eigenvalue weighted by atomic mass is 9.87. The van der Waals surface area contributed by atoms with Crippen molar-refractivity contribution in [2.45, 2.75) is 37.3 Å². The number of aliphatic hydroxyl groups is 1. The minimum atomic E-state index is -0.559. The number of morpholine rings is 1. The summed E-state index contributed by atoms with van der Waals surface area (Å²) in [7, 11) is 0. The van der Waals surface area contributed by atoms with Crippen LogP contribution < -0.4 is 5.32 Å². The first-order valence-electron chi connectivity index (χ1n) is 8.78. The average Bonchev–Trinajstić information content (AvgIpc) is 3.04. The number of ether oxygens (including phenoxy) is 1. The highest BCUT2D eigenvalue weighted by molar-refractivity contribution is 5.28. The Morgan fingerprint density at radius 3 is 2.58 bits per heavy atom. The van der Waals surface area contributed by atoms with E-state index >= 15 is 0 Å². The summed E-state index contributed by atoms with van der Waals surface area (Å²) >= 11 is 0. The predicted octanol–water partition coefficient (Wildman–Crippen LogP) is 2.02. The van der Waals surface area contributed by atoms with Crippen LogP contribution in [0.5, 0.6) is 0 Å². The Balaban J connectivity index is 1.63. The number of nitrogens with one attached hydrogen (secondary N) is 1. The third kappa shape index (κ3) is 4.11. The van der Waals surface area contributed by atoms with Crippen molar-refractivity contribution in [2.24, 2.45) is 0 Å². The van der Waals surface area contributed by atoms with Crippen LogP contribution in [0.2, 0.25) is 0 Å². The van der Waals surface area contributed by atoms with Crippen molar-refractivity contribution < 1.29 is 18.6 Å². The van der Waals surface area contributed by atoms with Crippen molar-refractivity contribution in [3.05, 3.63) is 35.4 Å². The highest BCUT2D eigenvalue weighted by Gasteiger charge is 2.37. The van der Waals surface area contributed by atoms with Gasteiger partial charge in [-0.2, -0.15) is 0 Å². The molecule has 0 amide bonds. The second kappa shape index (κ2) is 7.87. The fraction of sp³-hybridized carbons (Fsp3) is 0.667. The Bertz CT molecular complexity index is 544. The van der Waals surface area contributed by atoms with Crippen LogP contribution in [0.1, 0.15) is 31.2 Å². The summed E-state index contributed by atoms with van der Waals surface area (Å²) in [6.07, 6.45) is 3.09. The number of halogens is 2. The number of β-amino-alcohol motifs (C(OH)–C–C–N with tert-alkyl or cyclic N) is 1. The molecular formula is C18H26F2N2O2. The third-order valence-electron chi connectivity index (χ3n) is 5.15. The molecule has 1 aliphatic carbocycles. The van der Waals surface area contributed by atoms with Gasteiger partial charge in [-0.15, -0.1) is 0 Å². The van der Waals surface area contributed by atoms with E-state index in [1.54, 1.807) is 0 Å². The zero-order valence-electron chi connectivity index (χ0n) is 13.9. The minimum absolute atomic E-state index is 0.397. The van der Waals surface area contributed by atoms with Crippen LogP contribution in [0.15, 0.2) is 18.2 Å². The van der Waals surface area contributed by atoms with Crippen LogP contribution >= 0.6 is 0 Å². The molecule has 1 saturated heterocycles. The van der Waals surface area contributed by atoms with Gasteiger partial charge in [0.2, 0.25) is 0 Å². The monoisotopic (exact) mass is 340 g/mol. The summed E-state index contributed by atoms with van der Waals surface area (Å²) in [5.74, 6) is -1.07. The van der Waals surface area contributed by atoms with Gasteiger partial charge in [0, 0.05) is 43.3 Å². The summed E-state index contributed by atoms with van der Waals surface area (Å²) in [5, 5.41) is 13.7. The first kappa shape index (κ1) is 17.7. The van der Waals surface area contributed by atoms with E-state index in [0.717, 1.165) is 44.8 Å². The molecule has 24 heavy (non-hydrogen) atoms. The van der Waals surface area contributed by atoms with Crippen molar-refractivity contribution in [3.63, 3.8) is 0 Å². The molecule has 2 aliphatic rings. The van der Waals surface area contributed by atoms with Gasteiger partial charge in [0.25, 0.3) is 0 Å². The molecular weight excluding hydrogens is 314 g/mol. The second-order valence-electron chi connectivity index (χ2n) is 6.86. The van der Waals surface area contributed by atoms with E-state index in [1.807, 2.05) is 0 Å². The standard InChI is InChI=1S/C18H26F2N2O2/c19-14-3-4-16(17(20)11-14)18(5-1-2-6-18)21-12-15(23)13-22-7-9-24-10-8-22/h3-4,11,15,21,23H,1-2,5-10,12-13H2/t15-/m1/s1. The zero-order valence-corrected chi connectivity index (χ0v) is 13.9. The Morgan fingerprint density at radius 1 is 1.21 bits per heavy atom. The smallest absolute Gasteiger partial charge is 0.131 e. The molecule has 0 unspecified atom stereocenters. The number of hydrogen-bond donors (Lipinski definition) is 2. The van der Waals surface area contributed by atoms with E-state index in [1.165, 1.54) is 12.1 Å². The SMILES string of the molecule is O[C@H](CNC1(c2ccc(F)cc2F)CCCC1)CN1CCOCC1. The first-order valence-corrected chi connectivity index (χ1v) is 8.78. The molecule has 1 aromatic rings. The number of nitrogens with zero attached hydrogens (tertiary/aromatic N) is 1. The Labute approximate surface area is 141 Å². The number of benzene rings is 1. The topological polar surface area (TPSA) is 44.7 Å². The van der Waals surface area contributed by atoms with Crippen LogP contribution in [-0.2, 0) is 10.3 Å². The maximum absolute atomic E-state index is 14.3. The van der Waals surface area contributed by atoms with Gasteiger partial charge in [-0.05, 0) is 18.9 Å². The van der Waals surface area contributed by atoms with E-state index in [-0.39, 0.29) is 0 Å². The van der Waals surface area contributed by atoms with Crippen LogP contribution in [0.4, 0.5) is 8.78 Å². The molecule has 1 heterocycles. The molecule has 3 rings (SSSR count). The van der Waals surface area contributed by atoms with E-state index in [2.05, 4.69) is 10.2 Å². The molecule has 1 atom stereocenters. The molecule has 0 radical (unpaired) electrons. The van der Waals surface area contributed by atoms with Crippen LogP contribution in [0, 0.1) is 11.6 Å². The summed E-state index contributed by atoms with van der Waals surface area (Å²) in [6, 6.07) is 3.79. The van der Waals surface area contributed by atoms with Crippen molar-refractivity contribution in [2.75, 3.05) is 39.4 Å². The molecule has 0 spiro atoms. The van der Waals surface area contributed by atoms with Gasteiger partial charge in [0.05, 0.1) is 19.3 Å². The van der Waals surface area contributed by atoms with Crippen LogP contribution in [-0.4, -0.2) is 55.5 Å². The molecule has 2 N–H and O–H groups in total. The summed E-state index contributed by atoms with van der Waals surface area (Å²) in [4.78, 5) is 2.18. The van der Waals surface area contributed by atoms with Crippen molar-refractivity contribution in [3.8, 4) is 0 Å². The maximum atomic E-state index is 14.3. The molecule has 6 heteroatoms. The van der Waals surface area contributed by atoms with Gasteiger partial charge in [0.1, 0.15) is 11.6 Å².